The monoisotopic (exact) mass is 392 g/mol. The Balaban J connectivity index is 1.92. The van der Waals surface area contributed by atoms with Crippen molar-refractivity contribution in [2.24, 2.45) is 0 Å². The number of carbonyl (C=O) groups excluding carboxylic acids is 2. The van der Waals surface area contributed by atoms with Gasteiger partial charge in [-0.1, -0.05) is 23.7 Å². The van der Waals surface area contributed by atoms with E-state index in [4.69, 9.17) is 21.1 Å². The van der Waals surface area contributed by atoms with Gasteiger partial charge < -0.3 is 14.8 Å². The summed E-state index contributed by atoms with van der Waals surface area (Å²) in [6, 6.07) is 8.26. The van der Waals surface area contributed by atoms with E-state index < -0.39 is 23.3 Å². The predicted molar refractivity (Wildman–Crippen MR) is 97.4 cm³/mol. The minimum Gasteiger partial charge on any atom is -0.493 e. The molecule has 6 nitrogen and oxygen atoms in total. The van der Waals surface area contributed by atoms with Crippen molar-refractivity contribution in [3.63, 3.8) is 0 Å². The predicted octanol–water partition coefficient (Wildman–Crippen LogP) is 3.46. The molecule has 3 amide bonds. The number of hydrogen-bond donors (Lipinski definition) is 1. The first-order valence-corrected chi connectivity index (χ1v) is 8.48. The zero-order valence-electron chi connectivity index (χ0n) is 15.0. The third kappa shape index (κ3) is 3.30. The minimum absolute atomic E-state index is 0.0628. The van der Waals surface area contributed by atoms with Crippen LogP contribution in [0.4, 0.5) is 9.18 Å². The van der Waals surface area contributed by atoms with E-state index in [1.165, 1.54) is 26.4 Å². The van der Waals surface area contributed by atoms with Crippen LogP contribution in [0.5, 0.6) is 11.5 Å². The number of urea groups is 1. The highest BCUT2D eigenvalue weighted by Gasteiger charge is 2.49. The van der Waals surface area contributed by atoms with Crippen molar-refractivity contribution in [1.29, 1.82) is 0 Å². The fraction of sp³-hybridized carbons (Fsp3) is 0.263. The Morgan fingerprint density at radius 3 is 2.44 bits per heavy atom. The summed E-state index contributed by atoms with van der Waals surface area (Å²) in [7, 11) is 3.00. The lowest BCUT2D eigenvalue weighted by atomic mass is 9.91. The molecule has 0 bridgehead atoms. The molecule has 2 aromatic rings. The fourth-order valence-electron chi connectivity index (χ4n) is 3.00. The van der Waals surface area contributed by atoms with Crippen LogP contribution in [0.15, 0.2) is 36.4 Å². The second kappa shape index (κ2) is 7.08. The number of rotatable bonds is 5. The highest BCUT2D eigenvalue weighted by atomic mass is 35.5. The Morgan fingerprint density at radius 2 is 1.81 bits per heavy atom. The van der Waals surface area contributed by atoms with Crippen molar-refractivity contribution in [1.82, 2.24) is 10.2 Å². The molecule has 1 fully saturated rings. The van der Waals surface area contributed by atoms with E-state index in [-0.39, 0.29) is 11.6 Å². The summed E-state index contributed by atoms with van der Waals surface area (Å²) < 4.78 is 23.7. The first-order chi connectivity index (χ1) is 12.8. The fourth-order valence-corrected chi connectivity index (χ4v) is 3.23. The van der Waals surface area contributed by atoms with Gasteiger partial charge in [0.2, 0.25) is 0 Å². The maximum Gasteiger partial charge on any atom is 0.325 e. The summed E-state index contributed by atoms with van der Waals surface area (Å²) >= 11 is 6.02. The number of amides is 3. The summed E-state index contributed by atoms with van der Waals surface area (Å²) in [5.41, 5.74) is -0.257. The van der Waals surface area contributed by atoms with Crippen molar-refractivity contribution >= 4 is 23.5 Å². The van der Waals surface area contributed by atoms with Gasteiger partial charge in [-0.15, -0.1) is 0 Å². The minimum atomic E-state index is -1.27. The van der Waals surface area contributed by atoms with Crippen LogP contribution in [-0.4, -0.2) is 31.1 Å². The second-order valence-electron chi connectivity index (χ2n) is 6.25. The van der Waals surface area contributed by atoms with Gasteiger partial charge in [-0.3, -0.25) is 9.69 Å². The summed E-state index contributed by atoms with van der Waals surface area (Å²) in [6.07, 6.45) is 0. The van der Waals surface area contributed by atoms with E-state index in [2.05, 4.69) is 5.32 Å². The van der Waals surface area contributed by atoms with Gasteiger partial charge in [-0.05, 0) is 42.3 Å². The molecule has 0 unspecified atom stereocenters. The second-order valence-corrected chi connectivity index (χ2v) is 6.66. The summed E-state index contributed by atoms with van der Waals surface area (Å²) in [4.78, 5) is 26.5. The molecule has 1 saturated heterocycles. The molecule has 27 heavy (non-hydrogen) atoms. The number of benzene rings is 2. The molecule has 1 heterocycles. The Kier molecular flexibility index (Phi) is 4.97. The molecular weight excluding hydrogens is 375 g/mol. The van der Waals surface area contributed by atoms with Crippen LogP contribution in [0.2, 0.25) is 5.02 Å². The topological polar surface area (TPSA) is 67.9 Å². The van der Waals surface area contributed by atoms with Gasteiger partial charge in [-0.25, -0.2) is 9.18 Å². The lowest BCUT2D eigenvalue weighted by Crippen LogP contribution is -2.40. The van der Waals surface area contributed by atoms with Gasteiger partial charge in [0.25, 0.3) is 5.91 Å². The van der Waals surface area contributed by atoms with E-state index in [0.29, 0.717) is 22.6 Å². The number of nitrogens with one attached hydrogen (secondary N) is 1. The molecule has 0 spiro atoms. The van der Waals surface area contributed by atoms with Gasteiger partial charge in [0, 0.05) is 5.02 Å². The molecule has 142 valence electrons. The molecule has 0 aromatic heterocycles. The zero-order chi connectivity index (χ0) is 19.8. The van der Waals surface area contributed by atoms with Gasteiger partial charge >= 0.3 is 6.03 Å². The third-order valence-electron chi connectivity index (χ3n) is 4.58. The summed E-state index contributed by atoms with van der Waals surface area (Å²) in [6.45, 7) is 1.55. The molecule has 0 radical (unpaired) electrons. The van der Waals surface area contributed by atoms with Crippen LogP contribution in [0.25, 0.3) is 0 Å². The number of imide groups is 1. The smallest absolute Gasteiger partial charge is 0.325 e. The van der Waals surface area contributed by atoms with Gasteiger partial charge in [0.1, 0.15) is 11.4 Å². The molecule has 1 aliphatic rings. The molecule has 3 rings (SSSR count). The van der Waals surface area contributed by atoms with Crippen LogP contribution in [0.3, 0.4) is 0 Å². The number of nitrogens with zero attached hydrogens (tertiary/aromatic N) is 1. The third-order valence-corrected chi connectivity index (χ3v) is 4.93. The Morgan fingerprint density at radius 1 is 1.11 bits per heavy atom. The van der Waals surface area contributed by atoms with Crippen molar-refractivity contribution in [3.05, 3.63) is 58.4 Å². The van der Waals surface area contributed by atoms with Gasteiger partial charge in [-0.2, -0.15) is 0 Å². The van der Waals surface area contributed by atoms with E-state index in [9.17, 15) is 14.0 Å². The largest absolute Gasteiger partial charge is 0.493 e. The number of hydrogen-bond acceptors (Lipinski definition) is 4. The van der Waals surface area contributed by atoms with Gasteiger partial charge in [0.05, 0.1) is 20.8 Å². The molecule has 1 aliphatic heterocycles. The van der Waals surface area contributed by atoms with Crippen molar-refractivity contribution in [3.8, 4) is 11.5 Å². The van der Waals surface area contributed by atoms with Crippen LogP contribution in [-0.2, 0) is 16.9 Å². The molecule has 0 aliphatic carbocycles. The highest BCUT2D eigenvalue weighted by Crippen LogP contribution is 2.36. The molecule has 0 saturated carbocycles. The Labute approximate surface area is 160 Å². The summed E-state index contributed by atoms with van der Waals surface area (Å²) in [5.74, 6) is 0.0195. The first kappa shape index (κ1) is 19.0. The van der Waals surface area contributed by atoms with E-state index >= 15 is 0 Å². The van der Waals surface area contributed by atoms with E-state index in [1.54, 1.807) is 25.1 Å². The van der Waals surface area contributed by atoms with Crippen LogP contribution >= 0.6 is 11.6 Å². The number of halogens is 2. The zero-order valence-corrected chi connectivity index (χ0v) is 15.8. The summed E-state index contributed by atoms with van der Waals surface area (Å²) in [5, 5.41) is 2.86. The van der Waals surface area contributed by atoms with Crippen LogP contribution in [0.1, 0.15) is 18.1 Å². The van der Waals surface area contributed by atoms with Crippen LogP contribution < -0.4 is 14.8 Å². The molecule has 2 aromatic carbocycles. The Hall–Kier alpha value is -2.80. The number of methoxy groups -OCH3 is 2. The SMILES string of the molecule is COc1ccc([C@]2(C)NC(=O)N(Cc3ccc(F)cc3Cl)C2=O)cc1OC. The number of ether oxygens (including phenoxy) is 2. The molecule has 1 N–H and O–H groups in total. The van der Waals surface area contributed by atoms with E-state index in [0.717, 1.165) is 11.0 Å². The van der Waals surface area contributed by atoms with Gasteiger partial charge in [0.15, 0.2) is 11.5 Å². The first-order valence-electron chi connectivity index (χ1n) is 8.10. The van der Waals surface area contributed by atoms with Crippen molar-refractivity contribution < 1.29 is 23.5 Å². The lowest BCUT2D eigenvalue weighted by Gasteiger charge is -2.23. The normalized spacial score (nSPS) is 19.2. The molecular formula is C19H18ClFN2O4. The molecule has 1 atom stereocenters. The average Bonchev–Trinajstić information content (AvgIpc) is 2.87. The Bertz CT molecular complexity index is 921. The standard InChI is InChI=1S/C19H18ClFN2O4/c1-19(12-5-7-15(26-2)16(8-12)27-3)17(24)23(18(25)22-19)10-11-4-6-13(21)9-14(11)20/h4-9H,10H2,1-3H3,(H,22,25)/t19-/m0/s1. The molecule has 8 heteroatoms. The van der Waals surface area contributed by atoms with Crippen molar-refractivity contribution in [2.45, 2.75) is 19.0 Å². The maximum atomic E-state index is 13.2. The number of carbonyl (C=O) groups is 2. The lowest BCUT2D eigenvalue weighted by molar-refractivity contribution is -0.131. The maximum absolute atomic E-state index is 13.2. The highest BCUT2D eigenvalue weighted by molar-refractivity contribution is 6.31. The van der Waals surface area contributed by atoms with Crippen LogP contribution in [0, 0.1) is 5.82 Å². The quantitative estimate of drug-likeness (QED) is 0.791. The van der Waals surface area contributed by atoms with Crippen molar-refractivity contribution in [2.75, 3.05) is 14.2 Å². The van der Waals surface area contributed by atoms with E-state index in [1.807, 2.05) is 0 Å². The average molecular weight is 393 g/mol.